The van der Waals surface area contributed by atoms with Gasteiger partial charge in [0.15, 0.2) is 0 Å². The summed E-state index contributed by atoms with van der Waals surface area (Å²) in [6.45, 7) is 4.62. The number of carbonyl (C=O) groups is 1. The van der Waals surface area contributed by atoms with E-state index >= 15 is 0 Å². The van der Waals surface area contributed by atoms with Crippen molar-refractivity contribution in [1.82, 2.24) is 5.32 Å². The van der Waals surface area contributed by atoms with E-state index in [2.05, 4.69) is 17.1 Å². The molecule has 92 valence electrons. The molecule has 2 rings (SSSR count). The number of hydrogen-bond acceptors (Lipinski definition) is 3. The Balaban J connectivity index is 2.22. The summed E-state index contributed by atoms with van der Waals surface area (Å²) in [4.78, 5) is 13.0. The average Bonchev–Trinajstić information content (AvgIpc) is 2.28. The first kappa shape index (κ1) is 11.9. The van der Waals surface area contributed by atoms with Crippen LogP contribution in [0.25, 0.3) is 0 Å². The number of rotatable bonds is 2. The van der Waals surface area contributed by atoms with Gasteiger partial charge in [0.1, 0.15) is 5.82 Å². The normalized spacial score (nSPS) is 20.4. The number of anilines is 1. The third kappa shape index (κ3) is 2.55. The van der Waals surface area contributed by atoms with E-state index in [0.29, 0.717) is 6.04 Å². The maximum absolute atomic E-state index is 13.6. The fourth-order valence-electron chi connectivity index (χ4n) is 2.07. The van der Waals surface area contributed by atoms with Crippen molar-refractivity contribution in [3.63, 3.8) is 0 Å². The maximum atomic E-state index is 13.6. The Morgan fingerprint density at radius 1 is 1.59 bits per heavy atom. The lowest BCUT2D eigenvalue weighted by atomic mass is 10.1. The Labute approximate surface area is 99.6 Å². The second-order valence-electron chi connectivity index (χ2n) is 4.33. The van der Waals surface area contributed by atoms with Crippen LogP contribution in [0.5, 0.6) is 0 Å². The minimum atomic E-state index is -0.734. The van der Waals surface area contributed by atoms with E-state index in [4.69, 9.17) is 5.73 Å². The smallest absolute Gasteiger partial charge is 0.251 e. The molecule has 1 saturated heterocycles. The van der Waals surface area contributed by atoms with Crippen LogP contribution in [0.1, 0.15) is 17.3 Å². The predicted octanol–water partition coefficient (Wildman–Crippen LogP) is 0.723. The molecular weight excluding hydrogens is 221 g/mol. The number of nitrogens with zero attached hydrogens (tertiary/aromatic N) is 1. The SMILES string of the molecule is C[C@@H]1CN(c2ccc(C(N)=O)c(F)c2)CCN1. The van der Waals surface area contributed by atoms with Crippen molar-refractivity contribution in [2.75, 3.05) is 24.5 Å². The van der Waals surface area contributed by atoms with Gasteiger partial charge in [-0.1, -0.05) is 0 Å². The number of carbonyl (C=O) groups excluding carboxylic acids is 1. The molecule has 0 radical (unpaired) electrons. The summed E-state index contributed by atoms with van der Waals surface area (Å²) in [6.07, 6.45) is 0. The van der Waals surface area contributed by atoms with Crippen molar-refractivity contribution in [2.45, 2.75) is 13.0 Å². The summed E-state index contributed by atoms with van der Waals surface area (Å²) in [5.41, 5.74) is 5.80. The molecule has 0 spiro atoms. The first-order valence-electron chi connectivity index (χ1n) is 5.65. The summed E-state index contributed by atoms with van der Waals surface area (Å²) in [7, 11) is 0. The molecule has 0 saturated carbocycles. The zero-order valence-electron chi connectivity index (χ0n) is 9.74. The van der Waals surface area contributed by atoms with E-state index in [1.54, 1.807) is 6.07 Å². The van der Waals surface area contributed by atoms with Gasteiger partial charge in [-0.3, -0.25) is 4.79 Å². The molecule has 1 aromatic rings. The Kier molecular flexibility index (Phi) is 3.28. The van der Waals surface area contributed by atoms with Crippen molar-refractivity contribution in [2.24, 2.45) is 5.73 Å². The molecule has 1 aromatic carbocycles. The van der Waals surface area contributed by atoms with Gasteiger partial charge >= 0.3 is 0 Å². The minimum Gasteiger partial charge on any atom is -0.369 e. The Hall–Kier alpha value is -1.62. The van der Waals surface area contributed by atoms with Gasteiger partial charge in [0.05, 0.1) is 5.56 Å². The van der Waals surface area contributed by atoms with Crippen molar-refractivity contribution < 1.29 is 9.18 Å². The number of piperazine rings is 1. The molecule has 1 aliphatic heterocycles. The molecule has 0 aromatic heterocycles. The van der Waals surface area contributed by atoms with E-state index < -0.39 is 11.7 Å². The summed E-state index contributed by atoms with van der Waals surface area (Å²) in [5, 5.41) is 3.32. The molecule has 0 unspecified atom stereocenters. The number of amides is 1. The highest BCUT2D eigenvalue weighted by atomic mass is 19.1. The number of nitrogens with one attached hydrogen (secondary N) is 1. The largest absolute Gasteiger partial charge is 0.369 e. The maximum Gasteiger partial charge on any atom is 0.251 e. The van der Waals surface area contributed by atoms with Crippen LogP contribution in [0.2, 0.25) is 0 Å². The first-order valence-corrected chi connectivity index (χ1v) is 5.65. The lowest BCUT2D eigenvalue weighted by Gasteiger charge is -2.33. The average molecular weight is 237 g/mol. The number of benzene rings is 1. The quantitative estimate of drug-likeness (QED) is 0.797. The molecule has 0 aliphatic carbocycles. The fraction of sp³-hybridized carbons (Fsp3) is 0.417. The first-order chi connectivity index (χ1) is 8.08. The zero-order valence-corrected chi connectivity index (χ0v) is 9.74. The van der Waals surface area contributed by atoms with Gasteiger partial charge in [0.2, 0.25) is 0 Å². The molecule has 1 heterocycles. The minimum absolute atomic E-state index is 0.0584. The Bertz CT molecular complexity index is 436. The second kappa shape index (κ2) is 4.71. The molecule has 17 heavy (non-hydrogen) atoms. The highest BCUT2D eigenvalue weighted by molar-refractivity contribution is 5.93. The van der Waals surface area contributed by atoms with E-state index in [0.717, 1.165) is 25.3 Å². The number of nitrogens with two attached hydrogens (primary N) is 1. The van der Waals surface area contributed by atoms with E-state index in [1.165, 1.54) is 12.1 Å². The second-order valence-corrected chi connectivity index (χ2v) is 4.33. The third-order valence-corrected chi connectivity index (χ3v) is 2.95. The fourth-order valence-corrected chi connectivity index (χ4v) is 2.07. The van der Waals surface area contributed by atoms with Gasteiger partial charge in [-0.25, -0.2) is 4.39 Å². The number of primary amides is 1. The summed E-state index contributed by atoms with van der Waals surface area (Å²) in [6, 6.07) is 4.93. The standard InChI is InChI=1S/C12H16FN3O/c1-8-7-16(5-4-15-8)9-2-3-10(12(14)17)11(13)6-9/h2-3,6,8,15H,4-5,7H2,1H3,(H2,14,17)/t8-/m1/s1. The molecule has 4 nitrogen and oxygen atoms in total. The number of hydrogen-bond donors (Lipinski definition) is 2. The van der Waals surface area contributed by atoms with Crippen LogP contribution in [-0.2, 0) is 0 Å². The van der Waals surface area contributed by atoms with Crippen LogP contribution >= 0.6 is 0 Å². The van der Waals surface area contributed by atoms with Crippen LogP contribution < -0.4 is 16.0 Å². The lowest BCUT2D eigenvalue weighted by Crippen LogP contribution is -2.49. The van der Waals surface area contributed by atoms with Crippen molar-refractivity contribution in [1.29, 1.82) is 0 Å². The highest BCUT2D eigenvalue weighted by Crippen LogP contribution is 2.19. The molecule has 1 atom stereocenters. The van der Waals surface area contributed by atoms with E-state index in [-0.39, 0.29) is 5.56 Å². The van der Waals surface area contributed by atoms with Gasteiger partial charge in [-0.05, 0) is 25.1 Å². The Morgan fingerprint density at radius 3 is 2.94 bits per heavy atom. The topological polar surface area (TPSA) is 58.4 Å². The van der Waals surface area contributed by atoms with Crippen LogP contribution in [-0.4, -0.2) is 31.6 Å². The summed E-state index contributed by atoms with van der Waals surface area (Å²) < 4.78 is 13.6. The molecule has 1 aliphatic rings. The van der Waals surface area contributed by atoms with Gasteiger partial charge in [0.25, 0.3) is 5.91 Å². The van der Waals surface area contributed by atoms with Gasteiger partial charge < -0.3 is 16.0 Å². The molecule has 0 bridgehead atoms. The molecule has 1 fully saturated rings. The molecular formula is C12H16FN3O. The van der Waals surface area contributed by atoms with Crippen LogP contribution in [0.4, 0.5) is 10.1 Å². The van der Waals surface area contributed by atoms with Crippen molar-refractivity contribution >= 4 is 11.6 Å². The van der Waals surface area contributed by atoms with Crippen LogP contribution in [0.15, 0.2) is 18.2 Å². The van der Waals surface area contributed by atoms with Crippen molar-refractivity contribution in [3.8, 4) is 0 Å². The summed E-state index contributed by atoms with van der Waals surface area (Å²) in [5.74, 6) is -1.29. The Morgan fingerprint density at radius 2 is 2.35 bits per heavy atom. The number of halogens is 1. The molecule has 5 heteroatoms. The molecule has 3 N–H and O–H groups in total. The van der Waals surface area contributed by atoms with Gasteiger partial charge in [-0.15, -0.1) is 0 Å². The van der Waals surface area contributed by atoms with Crippen LogP contribution in [0, 0.1) is 5.82 Å². The monoisotopic (exact) mass is 237 g/mol. The van der Waals surface area contributed by atoms with Gasteiger partial charge in [0, 0.05) is 31.4 Å². The third-order valence-electron chi connectivity index (χ3n) is 2.95. The zero-order chi connectivity index (χ0) is 12.4. The van der Waals surface area contributed by atoms with E-state index in [1.807, 2.05) is 0 Å². The van der Waals surface area contributed by atoms with Gasteiger partial charge in [-0.2, -0.15) is 0 Å². The van der Waals surface area contributed by atoms with Crippen LogP contribution in [0.3, 0.4) is 0 Å². The van der Waals surface area contributed by atoms with E-state index in [9.17, 15) is 9.18 Å². The highest BCUT2D eigenvalue weighted by Gasteiger charge is 2.17. The summed E-state index contributed by atoms with van der Waals surface area (Å²) >= 11 is 0. The van der Waals surface area contributed by atoms with Crippen molar-refractivity contribution in [3.05, 3.63) is 29.6 Å². The predicted molar refractivity (Wildman–Crippen MR) is 64.6 cm³/mol. The lowest BCUT2D eigenvalue weighted by molar-refractivity contribution is 0.0996. The molecule has 1 amide bonds.